The number of urea groups is 1. The van der Waals surface area contributed by atoms with Crippen LogP contribution in [0.15, 0.2) is 24.3 Å². The molecule has 2 fully saturated rings. The van der Waals surface area contributed by atoms with Crippen LogP contribution in [0.3, 0.4) is 0 Å². The summed E-state index contributed by atoms with van der Waals surface area (Å²) in [5.74, 6) is 0.980. The number of hydrogen-bond donors (Lipinski definition) is 1. The van der Waals surface area contributed by atoms with Crippen molar-refractivity contribution < 1.29 is 14.3 Å². The van der Waals surface area contributed by atoms with Gasteiger partial charge in [-0.1, -0.05) is 26.0 Å². The Morgan fingerprint density at radius 2 is 1.79 bits per heavy atom. The Bertz CT molecular complexity index is 683. The summed E-state index contributed by atoms with van der Waals surface area (Å²) in [7, 11) is 1.64. The van der Waals surface area contributed by atoms with Gasteiger partial charge in [0.1, 0.15) is 11.3 Å². The highest BCUT2D eigenvalue weighted by Crippen LogP contribution is 2.36. The van der Waals surface area contributed by atoms with Crippen LogP contribution in [-0.2, 0) is 11.2 Å². The maximum atomic E-state index is 13.3. The lowest BCUT2D eigenvalue weighted by atomic mass is 9.75. The van der Waals surface area contributed by atoms with Gasteiger partial charge in [0, 0.05) is 6.54 Å². The summed E-state index contributed by atoms with van der Waals surface area (Å²) in [6.45, 7) is 7.75. The topological polar surface area (TPSA) is 61.9 Å². The third-order valence-electron chi connectivity index (χ3n) is 6.37. The number of ether oxygens (including phenoxy) is 1. The van der Waals surface area contributed by atoms with E-state index in [0.29, 0.717) is 19.4 Å². The van der Waals surface area contributed by atoms with Gasteiger partial charge < -0.3 is 15.0 Å². The summed E-state index contributed by atoms with van der Waals surface area (Å²) in [4.78, 5) is 29.8. The summed E-state index contributed by atoms with van der Waals surface area (Å²) >= 11 is 0. The summed E-state index contributed by atoms with van der Waals surface area (Å²) in [6.07, 6.45) is 4.38. The van der Waals surface area contributed by atoms with E-state index in [0.717, 1.165) is 50.2 Å². The van der Waals surface area contributed by atoms with E-state index >= 15 is 0 Å². The van der Waals surface area contributed by atoms with Crippen LogP contribution in [0.1, 0.15) is 45.1 Å². The molecule has 28 heavy (non-hydrogen) atoms. The lowest BCUT2D eigenvalue weighted by molar-refractivity contribution is -0.134. The number of nitrogens with zero attached hydrogens (tertiary/aromatic N) is 2. The smallest absolute Gasteiger partial charge is 0.325 e. The van der Waals surface area contributed by atoms with E-state index < -0.39 is 5.54 Å². The first kappa shape index (κ1) is 20.6. The number of carbonyl (C=O) groups is 2. The lowest BCUT2D eigenvalue weighted by Crippen LogP contribution is -2.55. The number of piperidine rings is 1. The van der Waals surface area contributed by atoms with Crippen molar-refractivity contribution in [1.82, 2.24) is 15.1 Å². The Morgan fingerprint density at radius 3 is 2.36 bits per heavy atom. The molecule has 0 saturated carbocycles. The minimum atomic E-state index is -0.727. The first-order valence-corrected chi connectivity index (χ1v) is 10.5. The molecule has 0 aliphatic carbocycles. The van der Waals surface area contributed by atoms with E-state index in [-0.39, 0.29) is 17.9 Å². The highest BCUT2D eigenvalue weighted by molar-refractivity contribution is 6.07. The molecule has 3 amide bonds. The number of methoxy groups -OCH3 is 1. The molecule has 6 nitrogen and oxygen atoms in total. The molecule has 2 aliphatic rings. The molecule has 154 valence electrons. The maximum Gasteiger partial charge on any atom is 0.325 e. The van der Waals surface area contributed by atoms with Crippen LogP contribution in [0.5, 0.6) is 5.75 Å². The van der Waals surface area contributed by atoms with Gasteiger partial charge in [-0.2, -0.15) is 0 Å². The summed E-state index contributed by atoms with van der Waals surface area (Å²) in [6, 6.07) is 7.53. The normalized spacial score (nSPS) is 23.9. The molecule has 0 radical (unpaired) electrons. The average molecular weight is 388 g/mol. The van der Waals surface area contributed by atoms with Crippen LogP contribution in [0.2, 0.25) is 0 Å². The van der Waals surface area contributed by atoms with E-state index in [1.807, 2.05) is 31.2 Å². The van der Waals surface area contributed by atoms with Crippen LogP contribution in [0, 0.1) is 5.92 Å². The largest absolute Gasteiger partial charge is 0.497 e. The first-order valence-electron chi connectivity index (χ1n) is 10.5. The zero-order chi connectivity index (χ0) is 20.1. The number of rotatable bonds is 8. The fourth-order valence-electron chi connectivity index (χ4n) is 4.65. The molecule has 2 aliphatic heterocycles. The summed E-state index contributed by atoms with van der Waals surface area (Å²) in [5.41, 5.74) is 0.359. The molecule has 0 spiro atoms. The van der Waals surface area contributed by atoms with E-state index in [1.165, 1.54) is 4.90 Å². The SMILES string of the molecule is CCCN1CCC([C@]2(CC)NC(=O)N(CCc3ccc(OC)cc3)C2=O)CC1. The maximum absolute atomic E-state index is 13.3. The van der Waals surface area contributed by atoms with Gasteiger partial charge in [-0.3, -0.25) is 9.69 Å². The molecule has 1 atom stereocenters. The van der Waals surface area contributed by atoms with Crippen molar-refractivity contribution in [2.75, 3.05) is 33.3 Å². The van der Waals surface area contributed by atoms with Crippen LogP contribution in [0.25, 0.3) is 0 Å². The van der Waals surface area contributed by atoms with Gasteiger partial charge in [0.25, 0.3) is 5.91 Å². The Morgan fingerprint density at radius 1 is 1.11 bits per heavy atom. The van der Waals surface area contributed by atoms with Gasteiger partial charge in [-0.15, -0.1) is 0 Å². The highest BCUT2D eigenvalue weighted by Gasteiger charge is 2.54. The van der Waals surface area contributed by atoms with E-state index in [4.69, 9.17) is 4.74 Å². The minimum Gasteiger partial charge on any atom is -0.497 e. The molecule has 1 aromatic rings. The second kappa shape index (κ2) is 8.95. The van der Waals surface area contributed by atoms with Crippen molar-refractivity contribution in [3.05, 3.63) is 29.8 Å². The van der Waals surface area contributed by atoms with E-state index in [2.05, 4.69) is 17.1 Å². The van der Waals surface area contributed by atoms with Gasteiger partial charge in [0.2, 0.25) is 0 Å². The van der Waals surface area contributed by atoms with Gasteiger partial charge in [0.05, 0.1) is 7.11 Å². The highest BCUT2D eigenvalue weighted by atomic mass is 16.5. The number of imide groups is 1. The standard InChI is InChI=1S/C22H33N3O3/c1-4-13-24-14-11-18(12-15-24)22(5-2)20(26)25(21(27)23-22)16-10-17-6-8-19(28-3)9-7-17/h6-9,18H,4-5,10-16H2,1-3H3,(H,23,27)/t22-/m0/s1. The van der Waals surface area contributed by atoms with Crippen molar-refractivity contribution in [2.24, 2.45) is 5.92 Å². The Hall–Kier alpha value is -2.08. The predicted octanol–water partition coefficient (Wildman–Crippen LogP) is 3.06. The lowest BCUT2D eigenvalue weighted by Gasteiger charge is -2.40. The molecule has 0 aromatic heterocycles. The summed E-state index contributed by atoms with van der Waals surface area (Å²) in [5, 5.41) is 3.09. The van der Waals surface area contributed by atoms with Crippen molar-refractivity contribution in [3.63, 3.8) is 0 Å². The molecule has 3 rings (SSSR count). The second-order valence-corrected chi connectivity index (χ2v) is 7.93. The molecule has 2 heterocycles. The van der Waals surface area contributed by atoms with Gasteiger partial charge >= 0.3 is 6.03 Å². The minimum absolute atomic E-state index is 0.0394. The number of likely N-dealkylation sites (tertiary alicyclic amines) is 1. The molecular weight excluding hydrogens is 354 g/mol. The van der Waals surface area contributed by atoms with Gasteiger partial charge in [-0.05, 0) is 75.4 Å². The number of benzene rings is 1. The van der Waals surface area contributed by atoms with Crippen molar-refractivity contribution in [2.45, 2.75) is 51.5 Å². The number of carbonyl (C=O) groups excluding carboxylic acids is 2. The predicted molar refractivity (Wildman–Crippen MR) is 109 cm³/mol. The molecule has 6 heteroatoms. The Kier molecular flexibility index (Phi) is 6.60. The molecular formula is C22H33N3O3. The van der Waals surface area contributed by atoms with Crippen LogP contribution >= 0.6 is 0 Å². The Balaban J connectivity index is 1.65. The third kappa shape index (κ3) is 4.02. The molecule has 1 aromatic carbocycles. The van der Waals surface area contributed by atoms with Crippen LogP contribution in [0.4, 0.5) is 4.79 Å². The number of amides is 3. The van der Waals surface area contributed by atoms with Gasteiger partial charge in [-0.25, -0.2) is 4.79 Å². The van der Waals surface area contributed by atoms with E-state index in [1.54, 1.807) is 7.11 Å². The van der Waals surface area contributed by atoms with Crippen molar-refractivity contribution >= 4 is 11.9 Å². The van der Waals surface area contributed by atoms with Crippen LogP contribution < -0.4 is 10.1 Å². The third-order valence-corrected chi connectivity index (χ3v) is 6.37. The van der Waals surface area contributed by atoms with Crippen LogP contribution in [-0.4, -0.2) is 60.6 Å². The first-order chi connectivity index (χ1) is 13.5. The fraction of sp³-hybridized carbons (Fsp3) is 0.636. The molecule has 0 unspecified atom stereocenters. The fourth-order valence-corrected chi connectivity index (χ4v) is 4.65. The summed E-state index contributed by atoms with van der Waals surface area (Å²) < 4.78 is 5.18. The average Bonchev–Trinajstić information content (AvgIpc) is 2.98. The number of hydrogen-bond acceptors (Lipinski definition) is 4. The Labute approximate surface area is 168 Å². The molecule has 0 bridgehead atoms. The van der Waals surface area contributed by atoms with Crippen molar-refractivity contribution in [3.8, 4) is 5.75 Å². The zero-order valence-electron chi connectivity index (χ0n) is 17.4. The van der Waals surface area contributed by atoms with Crippen molar-refractivity contribution in [1.29, 1.82) is 0 Å². The van der Waals surface area contributed by atoms with Gasteiger partial charge in [0.15, 0.2) is 0 Å². The zero-order valence-corrected chi connectivity index (χ0v) is 17.4. The quantitative estimate of drug-likeness (QED) is 0.697. The monoisotopic (exact) mass is 387 g/mol. The molecule has 1 N–H and O–H groups in total. The van der Waals surface area contributed by atoms with E-state index in [9.17, 15) is 9.59 Å². The molecule has 2 saturated heterocycles. The second-order valence-electron chi connectivity index (χ2n) is 7.93. The number of nitrogens with one attached hydrogen (secondary N) is 1.